The first kappa shape index (κ1) is 31.0. The Balaban J connectivity index is 1.93. The van der Waals surface area contributed by atoms with Gasteiger partial charge in [0.05, 0.1) is 6.33 Å². The van der Waals surface area contributed by atoms with Crippen molar-refractivity contribution < 1.29 is 27.6 Å². The van der Waals surface area contributed by atoms with E-state index in [0.717, 1.165) is 0 Å². The molecule has 14 heteroatoms. The number of nitrogens with one attached hydrogen (secondary N) is 1. The first-order valence-corrected chi connectivity index (χ1v) is 18.2. The fraction of sp³-hybridized carbons (Fsp3) is 0.769. The molecule has 0 saturated carbocycles. The molecule has 2 aromatic rings. The summed E-state index contributed by atoms with van der Waals surface area (Å²) in [5.41, 5.74) is 5.59. The Morgan fingerprint density at radius 3 is 2.05 bits per heavy atom. The molecular weight excluding hydrogens is 550 g/mol. The molecule has 0 aliphatic carbocycles. The van der Waals surface area contributed by atoms with Gasteiger partial charge in [0.2, 0.25) is 5.95 Å². The number of hydrogen-bond acceptors (Lipinski definition) is 10. The van der Waals surface area contributed by atoms with Gasteiger partial charge in [-0.25, -0.2) is 4.98 Å². The molecule has 0 radical (unpaired) electrons. The van der Waals surface area contributed by atoms with E-state index < -0.39 is 53.3 Å². The van der Waals surface area contributed by atoms with Crippen LogP contribution in [-0.2, 0) is 22.5 Å². The Morgan fingerprint density at radius 2 is 1.52 bits per heavy atom. The summed E-state index contributed by atoms with van der Waals surface area (Å²) in [5.74, 6) is -0.595. The number of rotatable bonds is 7. The van der Waals surface area contributed by atoms with Crippen LogP contribution in [0, 0.1) is 5.92 Å². The van der Waals surface area contributed by atoms with Crippen molar-refractivity contribution in [3.05, 3.63) is 16.7 Å². The second-order valence-electron chi connectivity index (χ2n) is 12.6. The number of Topliss-reactive ketones (excluding diaryl/α,β-unsaturated/α-hetero) is 1. The molecule has 12 nitrogen and oxygen atoms in total. The molecule has 0 spiro atoms. The summed E-state index contributed by atoms with van der Waals surface area (Å²) in [6.45, 7) is 20.3. The molecule has 0 amide bonds. The van der Waals surface area contributed by atoms with Gasteiger partial charge in [-0.1, -0.05) is 69.2 Å². The Kier molecular flexibility index (Phi) is 8.56. The average Bonchev–Trinajstić information content (AvgIpc) is 3.39. The quantitative estimate of drug-likeness (QED) is 0.404. The number of imidazole rings is 1. The van der Waals surface area contributed by atoms with Crippen molar-refractivity contribution in [2.24, 2.45) is 5.92 Å². The fourth-order valence-electron chi connectivity index (χ4n) is 6.09. The Labute approximate surface area is 237 Å². The minimum absolute atomic E-state index is 0.0121. The SMILES string of the molecule is CC(C)C(=O)C1O[Si](C(C)C)(C(C)C)O[Si](C(C)C)(C(C)C)O[C@H]2[C@@H](O)[C@H](n3cnc4c(=O)[nH]c(N)nc43)O[C@H]12. The topological polar surface area (TPSA) is 164 Å². The van der Waals surface area contributed by atoms with E-state index in [1.165, 1.54) is 10.9 Å². The van der Waals surface area contributed by atoms with E-state index in [2.05, 4.69) is 70.3 Å². The second-order valence-corrected chi connectivity index (χ2v) is 21.4. The van der Waals surface area contributed by atoms with Crippen molar-refractivity contribution in [2.45, 2.75) is 122 Å². The van der Waals surface area contributed by atoms with Gasteiger partial charge in [0.15, 0.2) is 23.2 Å². The highest BCUT2D eigenvalue weighted by atomic mass is 28.5. The van der Waals surface area contributed by atoms with E-state index in [-0.39, 0.29) is 51.0 Å². The van der Waals surface area contributed by atoms with Crippen molar-refractivity contribution in [1.82, 2.24) is 19.5 Å². The fourth-order valence-corrected chi connectivity index (χ4v) is 17.3. The van der Waals surface area contributed by atoms with Crippen molar-refractivity contribution in [3.63, 3.8) is 0 Å². The highest BCUT2D eigenvalue weighted by molar-refractivity contribution is 6.84. The van der Waals surface area contributed by atoms with Gasteiger partial charge in [-0.05, 0) is 22.2 Å². The van der Waals surface area contributed by atoms with Gasteiger partial charge < -0.3 is 28.5 Å². The molecule has 5 atom stereocenters. The van der Waals surface area contributed by atoms with Crippen LogP contribution in [0.1, 0.15) is 75.5 Å². The van der Waals surface area contributed by atoms with Crippen molar-refractivity contribution in [1.29, 1.82) is 0 Å². The van der Waals surface area contributed by atoms with Crippen LogP contribution in [0.5, 0.6) is 0 Å². The zero-order valence-corrected chi connectivity index (χ0v) is 27.2. The number of hydrogen-bond donors (Lipinski definition) is 3. The standard InChI is InChI=1S/C26H45N5O7Si2/c1-12(2)18(32)20-22-21(19(33)25(35-22)31-11-28-17-23(31)29-26(27)30-24(17)34)37-40(15(7)8,16(9)10)38-39(36-20,13(3)4)14(5)6/h11-16,19-22,25,33H,1-10H3,(H3,27,29,30,34)/t19-,20?,21+,22-,25-/m1/s1. The maximum Gasteiger partial charge on any atom is 0.335 e. The number of fused-ring (bicyclic) bond motifs is 2. The number of carbonyl (C=O) groups excluding carboxylic acids is 1. The largest absolute Gasteiger partial charge is 0.414 e. The van der Waals surface area contributed by atoms with E-state index in [0.29, 0.717) is 0 Å². The van der Waals surface area contributed by atoms with Crippen molar-refractivity contribution >= 4 is 40.0 Å². The minimum Gasteiger partial charge on any atom is -0.414 e. The first-order chi connectivity index (χ1) is 18.6. The van der Waals surface area contributed by atoms with Crippen LogP contribution in [0.2, 0.25) is 22.2 Å². The normalized spacial score (nSPS) is 28.6. The third-order valence-electron chi connectivity index (χ3n) is 8.29. The summed E-state index contributed by atoms with van der Waals surface area (Å²) in [6.07, 6.45) is -3.80. The molecule has 4 rings (SSSR count). The van der Waals surface area contributed by atoms with Gasteiger partial charge in [-0.3, -0.25) is 19.1 Å². The lowest BCUT2D eigenvalue weighted by Gasteiger charge is -2.53. The molecule has 224 valence electrons. The zero-order valence-electron chi connectivity index (χ0n) is 25.2. The number of ether oxygens (including phenoxy) is 1. The van der Waals surface area contributed by atoms with Gasteiger partial charge in [-0.15, -0.1) is 0 Å². The van der Waals surface area contributed by atoms with Gasteiger partial charge in [0.25, 0.3) is 5.56 Å². The molecule has 4 heterocycles. The van der Waals surface area contributed by atoms with Crippen LogP contribution in [0.25, 0.3) is 11.2 Å². The van der Waals surface area contributed by atoms with Crippen LogP contribution in [0.15, 0.2) is 11.1 Å². The number of anilines is 1. The first-order valence-electron chi connectivity index (χ1n) is 14.2. The van der Waals surface area contributed by atoms with E-state index in [9.17, 15) is 14.7 Å². The molecule has 0 aromatic carbocycles. The number of ketones is 1. The zero-order chi connectivity index (χ0) is 29.9. The van der Waals surface area contributed by atoms with Gasteiger partial charge in [-0.2, -0.15) is 4.98 Å². The molecule has 0 bridgehead atoms. The van der Waals surface area contributed by atoms with Gasteiger partial charge in [0.1, 0.15) is 24.4 Å². The second kappa shape index (κ2) is 11.0. The predicted octanol–water partition coefficient (Wildman–Crippen LogP) is 3.51. The maximum absolute atomic E-state index is 13.8. The van der Waals surface area contributed by atoms with Gasteiger partial charge in [0, 0.05) is 5.92 Å². The van der Waals surface area contributed by atoms with Crippen LogP contribution in [0.4, 0.5) is 5.95 Å². The third-order valence-corrected chi connectivity index (χ3v) is 18.5. The number of aliphatic hydroxyl groups excluding tert-OH is 1. The molecule has 1 unspecified atom stereocenters. The number of aliphatic hydroxyl groups is 1. The molecule has 2 saturated heterocycles. The van der Waals surface area contributed by atoms with E-state index in [4.69, 9.17) is 23.4 Å². The van der Waals surface area contributed by atoms with Crippen LogP contribution >= 0.6 is 0 Å². The Bertz CT molecular complexity index is 1280. The van der Waals surface area contributed by atoms with Crippen molar-refractivity contribution in [3.8, 4) is 0 Å². The Morgan fingerprint density at radius 1 is 0.975 bits per heavy atom. The summed E-state index contributed by atoms with van der Waals surface area (Å²) < 4.78 is 29.3. The highest BCUT2D eigenvalue weighted by Crippen LogP contribution is 2.50. The molecular formula is C26H45N5O7Si2. The lowest BCUT2D eigenvalue weighted by molar-refractivity contribution is -0.146. The number of aromatic nitrogens is 4. The Hall–Kier alpha value is -1.95. The van der Waals surface area contributed by atoms with E-state index in [1.54, 1.807) is 0 Å². The predicted molar refractivity (Wildman–Crippen MR) is 155 cm³/mol. The average molecular weight is 596 g/mol. The molecule has 4 N–H and O–H groups in total. The lowest BCUT2D eigenvalue weighted by Crippen LogP contribution is -2.68. The molecule has 2 aromatic heterocycles. The maximum atomic E-state index is 13.8. The number of nitrogens with zero attached hydrogens (tertiary/aromatic N) is 3. The van der Waals surface area contributed by atoms with Crippen LogP contribution < -0.4 is 11.3 Å². The number of aromatic amines is 1. The summed E-state index contributed by atoms with van der Waals surface area (Å²) in [5, 5.41) is 11.8. The molecule has 40 heavy (non-hydrogen) atoms. The monoisotopic (exact) mass is 595 g/mol. The van der Waals surface area contributed by atoms with Crippen LogP contribution in [0.3, 0.4) is 0 Å². The number of H-pyrrole nitrogens is 1. The van der Waals surface area contributed by atoms with E-state index >= 15 is 0 Å². The number of carbonyl (C=O) groups is 1. The lowest BCUT2D eigenvalue weighted by atomic mass is 9.96. The van der Waals surface area contributed by atoms with Crippen molar-refractivity contribution in [2.75, 3.05) is 5.73 Å². The smallest absolute Gasteiger partial charge is 0.335 e. The highest BCUT2D eigenvalue weighted by Gasteiger charge is 2.64. The summed E-state index contributed by atoms with van der Waals surface area (Å²) >= 11 is 0. The molecule has 2 aliphatic rings. The van der Waals surface area contributed by atoms with Crippen LogP contribution in [-0.4, -0.2) is 71.9 Å². The molecule has 2 aliphatic heterocycles. The summed E-state index contributed by atoms with van der Waals surface area (Å²) in [4.78, 5) is 37.1. The van der Waals surface area contributed by atoms with Gasteiger partial charge >= 0.3 is 17.1 Å². The summed E-state index contributed by atoms with van der Waals surface area (Å²) in [7, 11) is -6.24. The third kappa shape index (κ3) is 4.90. The molecule has 2 fully saturated rings. The number of nitrogen functional groups attached to an aromatic ring is 1. The number of nitrogens with two attached hydrogens (primary N) is 1. The van der Waals surface area contributed by atoms with E-state index in [1.807, 2.05) is 13.8 Å². The minimum atomic E-state index is -3.12. The summed E-state index contributed by atoms with van der Waals surface area (Å²) in [6, 6.07) is 0.